The molecule has 2 aromatic carbocycles. The molecular weight excluding hydrogens is 376 g/mol. The fourth-order valence-corrected chi connectivity index (χ4v) is 3.19. The van der Waals surface area contributed by atoms with Gasteiger partial charge in [-0.15, -0.1) is 5.10 Å². The highest BCUT2D eigenvalue weighted by Crippen LogP contribution is 2.23. The molecular formula is C19H16N6O2S. The van der Waals surface area contributed by atoms with Crippen LogP contribution in [0.15, 0.2) is 76.4 Å². The smallest absolute Gasteiger partial charge is 0.322 e. The van der Waals surface area contributed by atoms with Gasteiger partial charge in [0.2, 0.25) is 11.8 Å². The van der Waals surface area contributed by atoms with E-state index in [1.165, 1.54) is 16.4 Å². The number of thioether (sulfide) groups is 1. The molecule has 0 radical (unpaired) electrons. The molecule has 4 aromatic rings. The van der Waals surface area contributed by atoms with Crippen molar-refractivity contribution in [2.75, 3.05) is 16.9 Å². The average molecular weight is 392 g/mol. The van der Waals surface area contributed by atoms with Gasteiger partial charge in [0.1, 0.15) is 0 Å². The Balaban J connectivity index is 1.36. The van der Waals surface area contributed by atoms with E-state index in [1.54, 1.807) is 6.20 Å². The first kappa shape index (κ1) is 17.8. The van der Waals surface area contributed by atoms with Gasteiger partial charge in [-0.25, -0.2) is 9.66 Å². The van der Waals surface area contributed by atoms with Crippen molar-refractivity contribution in [3.8, 4) is 22.7 Å². The van der Waals surface area contributed by atoms with Gasteiger partial charge in [0, 0.05) is 11.1 Å². The fraction of sp³-hybridized carbons (Fsp3) is 0.0526. The number of anilines is 1. The summed E-state index contributed by atoms with van der Waals surface area (Å²) in [7, 11) is 0. The van der Waals surface area contributed by atoms with Crippen LogP contribution in [0.1, 0.15) is 0 Å². The van der Waals surface area contributed by atoms with Gasteiger partial charge in [-0.2, -0.15) is 0 Å². The van der Waals surface area contributed by atoms with E-state index in [0.29, 0.717) is 11.0 Å². The lowest BCUT2D eigenvalue weighted by Gasteiger charge is -2.01. The molecule has 2 heterocycles. The third kappa shape index (κ3) is 4.04. The number of benzene rings is 2. The van der Waals surface area contributed by atoms with Gasteiger partial charge in [-0.3, -0.25) is 10.1 Å². The highest BCUT2D eigenvalue weighted by molar-refractivity contribution is 7.99. The minimum Gasteiger partial charge on any atom is -0.403 e. The summed E-state index contributed by atoms with van der Waals surface area (Å²) in [6.07, 6.45) is 1.72. The highest BCUT2D eigenvalue weighted by Gasteiger charge is 2.14. The zero-order valence-corrected chi connectivity index (χ0v) is 15.5. The Bertz CT molecular complexity index is 1080. The molecule has 4 rings (SSSR count). The number of amides is 1. The van der Waals surface area contributed by atoms with Crippen LogP contribution in [0.4, 0.5) is 6.01 Å². The summed E-state index contributed by atoms with van der Waals surface area (Å²) in [5, 5.41) is 10.9. The number of hydrogen-bond donors (Lipinski definition) is 2. The standard InChI is InChI=1S/C19H16N6O2S/c20-25-11-15(13-7-3-1-4-8-13)21-19(25)28-12-16(26)22-18-24-23-17(27-18)14-9-5-2-6-10-14/h1-11H,12,20H2,(H,22,24,26). The average Bonchev–Trinajstić information content (AvgIpc) is 3.34. The molecule has 3 N–H and O–H groups in total. The van der Waals surface area contributed by atoms with Gasteiger partial charge >= 0.3 is 6.01 Å². The normalized spacial score (nSPS) is 10.7. The Labute approximate surface area is 164 Å². The molecule has 28 heavy (non-hydrogen) atoms. The van der Waals surface area contributed by atoms with Gasteiger partial charge in [0.15, 0.2) is 5.16 Å². The van der Waals surface area contributed by atoms with Gasteiger partial charge < -0.3 is 10.3 Å². The zero-order chi connectivity index (χ0) is 19.3. The number of aromatic nitrogens is 4. The summed E-state index contributed by atoms with van der Waals surface area (Å²) in [6, 6.07) is 19.1. The van der Waals surface area contributed by atoms with Crippen LogP contribution in [-0.4, -0.2) is 31.5 Å². The maximum Gasteiger partial charge on any atom is 0.322 e. The molecule has 0 atom stereocenters. The second-order valence-corrected chi connectivity index (χ2v) is 6.74. The van der Waals surface area contributed by atoms with Crippen molar-refractivity contribution in [1.29, 1.82) is 0 Å². The lowest BCUT2D eigenvalue weighted by atomic mass is 10.2. The third-order valence-corrected chi connectivity index (χ3v) is 4.76. The lowest BCUT2D eigenvalue weighted by Crippen LogP contribution is -2.15. The Morgan fingerprint density at radius 1 is 1.04 bits per heavy atom. The number of imidazole rings is 1. The highest BCUT2D eigenvalue weighted by atomic mass is 32.2. The summed E-state index contributed by atoms with van der Waals surface area (Å²) in [6.45, 7) is 0. The molecule has 2 aromatic heterocycles. The first-order chi connectivity index (χ1) is 13.7. The molecule has 0 unspecified atom stereocenters. The number of nitrogens with two attached hydrogens (primary N) is 1. The second-order valence-electron chi connectivity index (χ2n) is 5.80. The lowest BCUT2D eigenvalue weighted by molar-refractivity contribution is -0.113. The summed E-state index contributed by atoms with van der Waals surface area (Å²) in [4.78, 5) is 16.7. The van der Waals surface area contributed by atoms with Gasteiger partial charge in [-0.05, 0) is 12.1 Å². The molecule has 0 saturated carbocycles. The monoisotopic (exact) mass is 392 g/mol. The van der Waals surface area contributed by atoms with E-state index >= 15 is 0 Å². The predicted octanol–water partition coefficient (Wildman–Crippen LogP) is 3.04. The van der Waals surface area contributed by atoms with Crippen LogP contribution >= 0.6 is 11.8 Å². The zero-order valence-electron chi connectivity index (χ0n) is 14.6. The summed E-state index contributed by atoms with van der Waals surface area (Å²) in [5.41, 5.74) is 2.48. The first-order valence-corrected chi connectivity index (χ1v) is 9.39. The Hall–Kier alpha value is -3.59. The minimum absolute atomic E-state index is 0.0468. The van der Waals surface area contributed by atoms with Crippen LogP contribution in [0.2, 0.25) is 0 Å². The number of nitrogen functional groups attached to an aromatic ring is 1. The van der Waals surface area contributed by atoms with E-state index in [4.69, 9.17) is 10.3 Å². The topological polar surface area (TPSA) is 112 Å². The Morgan fingerprint density at radius 2 is 1.71 bits per heavy atom. The molecule has 9 heteroatoms. The van der Waals surface area contributed by atoms with Crippen LogP contribution in [0.25, 0.3) is 22.7 Å². The molecule has 0 bridgehead atoms. The van der Waals surface area contributed by atoms with Crippen molar-refractivity contribution in [3.63, 3.8) is 0 Å². The summed E-state index contributed by atoms with van der Waals surface area (Å²) < 4.78 is 6.87. The van der Waals surface area contributed by atoms with Crippen molar-refractivity contribution < 1.29 is 9.21 Å². The molecule has 8 nitrogen and oxygen atoms in total. The maximum atomic E-state index is 12.2. The van der Waals surface area contributed by atoms with Crippen LogP contribution < -0.4 is 11.2 Å². The van der Waals surface area contributed by atoms with E-state index < -0.39 is 0 Å². The molecule has 0 aliphatic heterocycles. The van der Waals surface area contributed by atoms with Gasteiger partial charge in [0.25, 0.3) is 0 Å². The van der Waals surface area contributed by atoms with Crippen molar-refractivity contribution >= 4 is 23.7 Å². The van der Waals surface area contributed by atoms with Crippen molar-refractivity contribution in [2.24, 2.45) is 0 Å². The quantitative estimate of drug-likeness (QED) is 0.383. The fourth-order valence-electron chi connectivity index (χ4n) is 2.49. The van der Waals surface area contributed by atoms with E-state index in [9.17, 15) is 4.79 Å². The van der Waals surface area contributed by atoms with Crippen molar-refractivity contribution in [3.05, 3.63) is 66.9 Å². The Kier molecular flexibility index (Phi) is 5.07. The molecule has 0 fully saturated rings. The SMILES string of the molecule is Nn1cc(-c2ccccc2)nc1SCC(=O)Nc1nnc(-c2ccccc2)o1. The Morgan fingerprint density at radius 3 is 2.43 bits per heavy atom. The van der Waals surface area contributed by atoms with Crippen LogP contribution in [-0.2, 0) is 4.79 Å². The molecule has 0 spiro atoms. The van der Waals surface area contributed by atoms with E-state index in [2.05, 4.69) is 20.5 Å². The van der Waals surface area contributed by atoms with Crippen molar-refractivity contribution in [2.45, 2.75) is 5.16 Å². The number of nitrogens with zero attached hydrogens (tertiary/aromatic N) is 4. The number of rotatable bonds is 6. The molecule has 140 valence electrons. The minimum atomic E-state index is -0.294. The first-order valence-electron chi connectivity index (χ1n) is 8.40. The summed E-state index contributed by atoms with van der Waals surface area (Å²) in [5.74, 6) is 6.10. The van der Waals surface area contributed by atoms with Crippen LogP contribution in [0.3, 0.4) is 0 Å². The number of nitrogens with one attached hydrogen (secondary N) is 1. The second kappa shape index (κ2) is 7.97. The molecule has 1 amide bonds. The number of carbonyl (C=O) groups excluding carboxylic acids is 1. The van der Waals surface area contributed by atoms with E-state index in [-0.39, 0.29) is 17.7 Å². The van der Waals surface area contributed by atoms with E-state index in [0.717, 1.165) is 16.8 Å². The number of hydrogen-bond acceptors (Lipinski definition) is 7. The largest absolute Gasteiger partial charge is 0.403 e. The van der Waals surface area contributed by atoms with Crippen LogP contribution in [0, 0.1) is 0 Å². The van der Waals surface area contributed by atoms with Crippen molar-refractivity contribution in [1.82, 2.24) is 19.9 Å². The predicted molar refractivity (Wildman–Crippen MR) is 107 cm³/mol. The number of carbonyl (C=O) groups is 1. The van der Waals surface area contributed by atoms with E-state index in [1.807, 2.05) is 60.7 Å². The van der Waals surface area contributed by atoms with Gasteiger partial charge in [-0.1, -0.05) is 65.4 Å². The van der Waals surface area contributed by atoms with Gasteiger partial charge in [0.05, 0.1) is 17.6 Å². The molecule has 0 saturated heterocycles. The maximum absolute atomic E-state index is 12.2. The third-order valence-electron chi connectivity index (χ3n) is 3.79. The molecule has 0 aliphatic carbocycles. The molecule has 0 aliphatic rings. The van der Waals surface area contributed by atoms with Crippen LogP contribution in [0.5, 0.6) is 0 Å². The summed E-state index contributed by atoms with van der Waals surface area (Å²) >= 11 is 1.22.